The summed E-state index contributed by atoms with van der Waals surface area (Å²) in [6, 6.07) is 9.80. The number of hydrogen-bond acceptors (Lipinski definition) is 2. The molecule has 0 aromatic heterocycles. The molecule has 0 saturated heterocycles. The molecular weight excluding hydrogens is 251 g/mol. The van der Waals surface area contributed by atoms with Crippen LogP contribution in [0.2, 0.25) is 0 Å². The molecule has 1 unspecified atom stereocenters. The molecule has 0 aliphatic rings. The fourth-order valence-electron chi connectivity index (χ4n) is 1.24. The lowest BCUT2D eigenvalue weighted by Gasteiger charge is -2.16. The van der Waals surface area contributed by atoms with E-state index in [1.807, 2.05) is 30.3 Å². The molecule has 2 nitrogen and oxygen atoms in total. The number of halogens is 2. The van der Waals surface area contributed by atoms with Gasteiger partial charge in [0.25, 0.3) is 0 Å². The van der Waals surface area contributed by atoms with Crippen LogP contribution in [-0.4, -0.2) is 10.0 Å². The molecule has 0 radical (unpaired) electrons. The number of hydrogen-bond donors (Lipinski definition) is 2. The summed E-state index contributed by atoms with van der Waals surface area (Å²) in [5, 5.41) is 7.40. The molecule has 3 N–H and O–H groups in total. The molecule has 0 bridgehead atoms. The number of thioether (sulfide) groups is 1. The highest BCUT2D eigenvalue weighted by molar-refractivity contribution is 8.13. The van der Waals surface area contributed by atoms with Crippen molar-refractivity contribution in [2.45, 2.75) is 16.5 Å². The Bertz CT molecular complexity index is 316. The smallest absolute Gasteiger partial charge is 0.151 e. The van der Waals surface area contributed by atoms with Crippen LogP contribution in [0.15, 0.2) is 30.3 Å². The first-order chi connectivity index (χ1) is 7.09. The summed E-state index contributed by atoms with van der Waals surface area (Å²) in [5.74, 6) is 0. The second-order valence-electron chi connectivity index (χ2n) is 3.01. The van der Waals surface area contributed by atoms with Crippen molar-refractivity contribution in [1.29, 1.82) is 5.41 Å². The van der Waals surface area contributed by atoms with Crippen LogP contribution in [0.4, 0.5) is 0 Å². The van der Waals surface area contributed by atoms with Crippen molar-refractivity contribution >= 4 is 40.1 Å². The van der Waals surface area contributed by atoms with Gasteiger partial charge >= 0.3 is 0 Å². The molecular formula is C10H12Cl2N2S. The molecule has 0 aliphatic heterocycles. The number of amidine groups is 1. The van der Waals surface area contributed by atoms with Gasteiger partial charge in [-0.15, -0.1) is 23.2 Å². The molecule has 0 saturated carbocycles. The van der Waals surface area contributed by atoms with Crippen LogP contribution in [0.3, 0.4) is 0 Å². The molecule has 0 spiro atoms. The van der Waals surface area contributed by atoms with Gasteiger partial charge in [0.05, 0.1) is 0 Å². The number of alkyl halides is 2. The van der Waals surface area contributed by atoms with E-state index >= 15 is 0 Å². The summed E-state index contributed by atoms with van der Waals surface area (Å²) in [6.45, 7) is 0. The fourth-order valence-corrected chi connectivity index (χ4v) is 2.69. The second kappa shape index (κ2) is 6.26. The van der Waals surface area contributed by atoms with E-state index in [1.54, 1.807) is 0 Å². The maximum absolute atomic E-state index is 7.27. The van der Waals surface area contributed by atoms with E-state index in [-0.39, 0.29) is 10.4 Å². The largest absolute Gasteiger partial charge is 0.379 e. The lowest BCUT2D eigenvalue weighted by molar-refractivity contribution is 0.872. The predicted molar refractivity (Wildman–Crippen MR) is 68.8 cm³/mol. The topological polar surface area (TPSA) is 49.9 Å². The van der Waals surface area contributed by atoms with E-state index in [1.165, 1.54) is 11.8 Å². The molecule has 1 atom stereocenters. The molecule has 1 aromatic rings. The molecule has 15 heavy (non-hydrogen) atoms. The van der Waals surface area contributed by atoms with E-state index in [0.29, 0.717) is 6.42 Å². The summed E-state index contributed by atoms with van der Waals surface area (Å²) in [5.41, 5.74) is 6.45. The zero-order valence-electron chi connectivity index (χ0n) is 7.99. The standard InChI is InChI=1S/C10H12Cl2N2S/c11-9(12)6-8(15-10(13)14)7-4-2-1-3-5-7/h1-5,8-9H,6H2,(H3,13,14). The van der Waals surface area contributed by atoms with Crippen molar-refractivity contribution in [3.63, 3.8) is 0 Å². The van der Waals surface area contributed by atoms with E-state index in [4.69, 9.17) is 34.3 Å². The fraction of sp³-hybridized carbons (Fsp3) is 0.300. The minimum atomic E-state index is -0.443. The van der Waals surface area contributed by atoms with Crippen molar-refractivity contribution in [1.82, 2.24) is 0 Å². The number of nitrogens with two attached hydrogens (primary N) is 1. The van der Waals surface area contributed by atoms with Crippen molar-refractivity contribution in [2.24, 2.45) is 5.73 Å². The van der Waals surface area contributed by atoms with Crippen molar-refractivity contribution in [3.8, 4) is 0 Å². The van der Waals surface area contributed by atoms with Gasteiger partial charge in [-0.3, -0.25) is 5.41 Å². The summed E-state index contributed by atoms with van der Waals surface area (Å²) < 4.78 is 0. The third-order valence-corrected chi connectivity index (χ3v) is 3.19. The minimum absolute atomic E-state index is 0.0451. The molecule has 1 aromatic carbocycles. The van der Waals surface area contributed by atoms with E-state index < -0.39 is 4.84 Å². The van der Waals surface area contributed by atoms with Gasteiger partial charge in [0, 0.05) is 5.25 Å². The Hall–Kier alpha value is -0.380. The average molecular weight is 263 g/mol. The first kappa shape index (κ1) is 12.7. The third-order valence-electron chi connectivity index (χ3n) is 1.83. The quantitative estimate of drug-likeness (QED) is 0.496. The van der Waals surface area contributed by atoms with Crippen LogP contribution in [0, 0.1) is 5.41 Å². The number of benzene rings is 1. The van der Waals surface area contributed by atoms with Crippen LogP contribution in [0.25, 0.3) is 0 Å². The molecule has 1 rings (SSSR count). The highest BCUT2D eigenvalue weighted by atomic mass is 35.5. The summed E-state index contributed by atoms with van der Waals surface area (Å²) >= 11 is 12.8. The molecule has 0 amide bonds. The van der Waals surface area contributed by atoms with Crippen molar-refractivity contribution < 1.29 is 0 Å². The van der Waals surface area contributed by atoms with Gasteiger partial charge in [0.15, 0.2) is 5.17 Å². The summed E-state index contributed by atoms with van der Waals surface area (Å²) in [4.78, 5) is -0.443. The van der Waals surface area contributed by atoms with Gasteiger partial charge in [-0.1, -0.05) is 42.1 Å². The van der Waals surface area contributed by atoms with Gasteiger partial charge in [-0.25, -0.2) is 0 Å². The summed E-state index contributed by atoms with van der Waals surface area (Å²) in [6.07, 6.45) is 0.581. The van der Waals surface area contributed by atoms with Crippen LogP contribution >= 0.6 is 35.0 Å². The normalized spacial score (nSPS) is 12.7. The first-order valence-corrected chi connectivity index (χ1v) is 6.18. The summed E-state index contributed by atoms with van der Waals surface area (Å²) in [7, 11) is 0. The van der Waals surface area contributed by atoms with Gasteiger partial charge in [0.1, 0.15) is 4.84 Å². The van der Waals surface area contributed by atoms with Crippen molar-refractivity contribution in [3.05, 3.63) is 35.9 Å². The van der Waals surface area contributed by atoms with E-state index in [9.17, 15) is 0 Å². The van der Waals surface area contributed by atoms with Crippen LogP contribution in [-0.2, 0) is 0 Å². The van der Waals surface area contributed by atoms with E-state index in [0.717, 1.165) is 5.56 Å². The van der Waals surface area contributed by atoms with Gasteiger partial charge < -0.3 is 5.73 Å². The van der Waals surface area contributed by atoms with Crippen molar-refractivity contribution in [2.75, 3.05) is 0 Å². The number of rotatable bonds is 4. The average Bonchev–Trinajstić information content (AvgIpc) is 2.17. The Morgan fingerprint density at radius 2 is 1.93 bits per heavy atom. The predicted octanol–water partition coefficient (Wildman–Crippen LogP) is 3.55. The van der Waals surface area contributed by atoms with Gasteiger partial charge in [-0.05, 0) is 12.0 Å². The van der Waals surface area contributed by atoms with Crippen LogP contribution in [0.1, 0.15) is 17.2 Å². The second-order valence-corrected chi connectivity index (χ2v) is 5.53. The zero-order valence-corrected chi connectivity index (χ0v) is 10.3. The lowest BCUT2D eigenvalue weighted by atomic mass is 10.1. The number of nitrogens with one attached hydrogen (secondary N) is 1. The maximum atomic E-state index is 7.27. The SMILES string of the molecule is N=C(N)SC(CC(Cl)Cl)c1ccccc1. The molecule has 0 heterocycles. The monoisotopic (exact) mass is 262 g/mol. The van der Waals surface area contributed by atoms with Gasteiger partial charge in [-0.2, -0.15) is 0 Å². The highest BCUT2D eigenvalue weighted by Gasteiger charge is 2.16. The Labute approximate surface area is 104 Å². The molecule has 5 heteroatoms. The van der Waals surface area contributed by atoms with E-state index in [2.05, 4.69) is 0 Å². The Morgan fingerprint density at radius 1 is 1.33 bits per heavy atom. The third kappa shape index (κ3) is 4.78. The zero-order chi connectivity index (χ0) is 11.3. The Morgan fingerprint density at radius 3 is 2.40 bits per heavy atom. The van der Waals surface area contributed by atoms with Crippen LogP contribution < -0.4 is 5.73 Å². The molecule has 0 aliphatic carbocycles. The molecule has 0 fully saturated rings. The molecule has 82 valence electrons. The van der Waals surface area contributed by atoms with Crippen LogP contribution in [0.5, 0.6) is 0 Å². The Kier molecular flexibility index (Phi) is 5.29. The lowest BCUT2D eigenvalue weighted by Crippen LogP contribution is -2.09. The minimum Gasteiger partial charge on any atom is -0.379 e. The van der Waals surface area contributed by atoms with Gasteiger partial charge in [0.2, 0.25) is 0 Å². The highest BCUT2D eigenvalue weighted by Crippen LogP contribution is 2.34. The Balaban J connectivity index is 2.76. The first-order valence-electron chi connectivity index (χ1n) is 4.43. The maximum Gasteiger partial charge on any atom is 0.151 e.